The third-order valence-electron chi connectivity index (χ3n) is 2.19. The molecule has 1 aromatic heterocycles. The Balaban J connectivity index is 2.40. The number of ketones is 1. The Morgan fingerprint density at radius 1 is 1.29 bits per heavy atom. The highest BCUT2D eigenvalue weighted by Crippen LogP contribution is 2.26. The minimum Gasteiger partial charge on any atom is -0.455 e. The van der Waals surface area contributed by atoms with Gasteiger partial charge in [0.25, 0.3) is 0 Å². The van der Waals surface area contributed by atoms with Gasteiger partial charge in [-0.25, -0.2) is 4.39 Å². The lowest BCUT2D eigenvalue weighted by Crippen LogP contribution is -2.00. The molecule has 0 bridgehead atoms. The van der Waals surface area contributed by atoms with E-state index in [0.717, 1.165) is 0 Å². The Bertz CT molecular complexity index is 540. The molecule has 0 aliphatic rings. The van der Waals surface area contributed by atoms with Crippen molar-refractivity contribution in [2.24, 2.45) is 0 Å². The van der Waals surface area contributed by atoms with E-state index in [0.29, 0.717) is 5.75 Å². The first-order valence-electron chi connectivity index (χ1n) is 5.06. The van der Waals surface area contributed by atoms with Gasteiger partial charge >= 0.3 is 0 Å². The molecule has 0 saturated carbocycles. The Labute approximate surface area is 97.9 Å². The first-order chi connectivity index (χ1) is 8.18. The maximum Gasteiger partial charge on any atom is 0.166 e. The molecule has 0 spiro atoms. The summed E-state index contributed by atoms with van der Waals surface area (Å²) in [6.07, 6.45) is 3.10. The van der Waals surface area contributed by atoms with Gasteiger partial charge in [-0.05, 0) is 31.2 Å². The molecule has 4 heteroatoms. The molecule has 2 aromatic rings. The molecule has 17 heavy (non-hydrogen) atoms. The molecule has 0 radical (unpaired) electrons. The number of nitrogens with zero attached hydrogens (tertiary/aromatic N) is 1. The average molecular weight is 231 g/mol. The SMILES string of the molecule is CC(=O)c1c(F)cccc1Oc1cccnc1. The van der Waals surface area contributed by atoms with Crippen LogP contribution in [-0.2, 0) is 0 Å². The fourth-order valence-corrected chi connectivity index (χ4v) is 1.47. The van der Waals surface area contributed by atoms with Crippen LogP contribution in [-0.4, -0.2) is 10.8 Å². The van der Waals surface area contributed by atoms with Crippen molar-refractivity contribution in [1.29, 1.82) is 0 Å². The van der Waals surface area contributed by atoms with Crippen molar-refractivity contribution >= 4 is 5.78 Å². The minimum absolute atomic E-state index is 0.0450. The summed E-state index contributed by atoms with van der Waals surface area (Å²) in [7, 11) is 0. The van der Waals surface area contributed by atoms with Crippen LogP contribution in [0.1, 0.15) is 17.3 Å². The molecule has 0 aliphatic carbocycles. The highest BCUT2D eigenvalue weighted by Gasteiger charge is 2.14. The van der Waals surface area contributed by atoms with Gasteiger partial charge in [0.2, 0.25) is 0 Å². The molecular weight excluding hydrogens is 221 g/mol. The maximum atomic E-state index is 13.5. The fourth-order valence-electron chi connectivity index (χ4n) is 1.47. The molecule has 0 amide bonds. The second-order valence-corrected chi connectivity index (χ2v) is 3.46. The quantitative estimate of drug-likeness (QED) is 0.761. The van der Waals surface area contributed by atoms with Crippen LogP contribution in [0.5, 0.6) is 11.5 Å². The lowest BCUT2D eigenvalue weighted by atomic mass is 10.1. The summed E-state index contributed by atoms with van der Waals surface area (Å²) in [5.41, 5.74) is -0.0450. The lowest BCUT2D eigenvalue weighted by Gasteiger charge is -2.09. The van der Waals surface area contributed by atoms with Crippen molar-refractivity contribution in [1.82, 2.24) is 4.98 Å². The largest absolute Gasteiger partial charge is 0.455 e. The summed E-state index contributed by atoms with van der Waals surface area (Å²) >= 11 is 0. The van der Waals surface area contributed by atoms with E-state index in [1.807, 2.05) is 0 Å². The van der Waals surface area contributed by atoms with Gasteiger partial charge in [0.05, 0.1) is 11.8 Å². The number of ether oxygens (including phenoxy) is 1. The minimum atomic E-state index is -0.584. The van der Waals surface area contributed by atoms with Crippen LogP contribution in [0.25, 0.3) is 0 Å². The standard InChI is InChI=1S/C13H10FNO2/c1-9(16)13-11(14)5-2-6-12(13)17-10-4-3-7-15-8-10/h2-8H,1H3. The number of hydrogen-bond donors (Lipinski definition) is 0. The van der Waals surface area contributed by atoms with Gasteiger partial charge in [0.1, 0.15) is 17.3 Å². The predicted molar refractivity (Wildman–Crippen MR) is 60.7 cm³/mol. The second kappa shape index (κ2) is 4.74. The van der Waals surface area contributed by atoms with Gasteiger partial charge in [-0.2, -0.15) is 0 Å². The average Bonchev–Trinajstić information content (AvgIpc) is 2.30. The normalized spacial score (nSPS) is 10.0. The predicted octanol–water partition coefficient (Wildman–Crippen LogP) is 3.22. The molecule has 0 N–H and O–H groups in total. The molecule has 86 valence electrons. The number of benzene rings is 1. The fraction of sp³-hybridized carbons (Fsp3) is 0.0769. The van der Waals surface area contributed by atoms with E-state index >= 15 is 0 Å². The maximum absolute atomic E-state index is 13.5. The monoisotopic (exact) mass is 231 g/mol. The van der Waals surface area contributed by atoms with Crippen molar-refractivity contribution < 1.29 is 13.9 Å². The summed E-state index contributed by atoms with van der Waals surface area (Å²) in [6, 6.07) is 7.65. The van der Waals surface area contributed by atoms with Gasteiger partial charge < -0.3 is 4.74 Å². The number of Topliss-reactive ketones (excluding diaryl/α,β-unsaturated/α-hetero) is 1. The third-order valence-corrected chi connectivity index (χ3v) is 2.19. The Morgan fingerprint density at radius 3 is 2.76 bits per heavy atom. The van der Waals surface area contributed by atoms with Crippen molar-refractivity contribution in [2.75, 3.05) is 0 Å². The topological polar surface area (TPSA) is 39.2 Å². The molecule has 0 saturated heterocycles. The molecule has 0 aliphatic heterocycles. The van der Waals surface area contributed by atoms with Crippen LogP contribution in [0.4, 0.5) is 4.39 Å². The van der Waals surface area contributed by atoms with Gasteiger partial charge in [-0.15, -0.1) is 0 Å². The summed E-state index contributed by atoms with van der Waals surface area (Å²) in [5, 5.41) is 0. The highest BCUT2D eigenvalue weighted by atomic mass is 19.1. The van der Waals surface area contributed by atoms with E-state index in [1.54, 1.807) is 24.4 Å². The van der Waals surface area contributed by atoms with Crippen LogP contribution in [0.2, 0.25) is 0 Å². The zero-order valence-corrected chi connectivity index (χ0v) is 9.18. The zero-order valence-electron chi connectivity index (χ0n) is 9.18. The number of carbonyl (C=O) groups is 1. The zero-order chi connectivity index (χ0) is 12.3. The van der Waals surface area contributed by atoms with Gasteiger partial charge in [-0.1, -0.05) is 6.07 Å². The lowest BCUT2D eigenvalue weighted by molar-refractivity contribution is 0.101. The molecule has 1 aromatic carbocycles. The molecular formula is C13H10FNO2. The second-order valence-electron chi connectivity index (χ2n) is 3.46. The molecule has 0 fully saturated rings. The molecule has 2 rings (SSSR count). The number of halogens is 1. The molecule has 1 heterocycles. The van der Waals surface area contributed by atoms with Crippen LogP contribution in [0.15, 0.2) is 42.7 Å². The van der Waals surface area contributed by atoms with E-state index < -0.39 is 5.82 Å². The Kier molecular flexibility index (Phi) is 3.14. The van der Waals surface area contributed by atoms with Crippen molar-refractivity contribution in [3.63, 3.8) is 0 Å². The smallest absolute Gasteiger partial charge is 0.166 e. The van der Waals surface area contributed by atoms with Gasteiger partial charge in [0.15, 0.2) is 5.78 Å². The van der Waals surface area contributed by atoms with E-state index in [-0.39, 0.29) is 17.1 Å². The summed E-state index contributed by atoms with van der Waals surface area (Å²) in [5.74, 6) is -0.299. The van der Waals surface area contributed by atoms with E-state index in [2.05, 4.69) is 4.98 Å². The van der Waals surface area contributed by atoms with E-state index in [9.17, 15) is 9.18 Å². The van der Waals surface area contributed by atoms with E-state index in [4.69, 9.17) is 4.74 Å². The first kappa shape index (κ1) is 11.3. The van der Waals surface area contributed by atoms with Crippen LogP contribution < -0.4 is 4.74 Å². The number of rotatable bonds is 3. The molecule has 0 atom stereocenters. The summed E-state index contributed by atoms with van der Waals surface area (Å²) in [4.78, 5) is 15.2. The number of aromatic nitrogens is 1. The first-order valence-corrected chi connectivity index (χ1v) is 5.06. The number of pyridine rings is 1. The van der Waals surface area contributed by atoms with Gasteiger partial charge in [0, 0.05) is 6.20 Å². The van der Waals surface area contributed by atoms with Crippen molar-refractivity contribution in [3.8, 4) is 11.5 Å². The number of carbonyl (C=O) groups excluding carboxylic acids is 1. The highest BCUT2D eigenvalue weighted by molar-refractivity contribution is 5.97. The third kappa shape index (κ3) is 2.47. The van der Waals surface area contributed by atoms with Gasteiger partial charge in [-0.3, -0.25) is 9.78 Å². The van der Waals surface area contributed by atoms with Crippen LogP contribution in [0.3, 0.4) is 0 Å². The number of hydrogen-bond acceptors (Lipinski definition) is 3. The van der Waals surface area contributed by atoms with Crippen LogP contribution in [0, 0.1) is 5.82 Å². The van der Waals surface area contributed by atoms with Crippen molar-refractivity contribution in [2.45, 2.75) is 6.92 Å². The van der Waals surface area contributed by atoms with Crippen LogP contribution >= 0.6 is 0 Å². The molecule has 3 nitrogen and oxygen atoms in total. The Morgan fingerprint density at radius 2 is 2.12 bits per heavy atom. The molecule has 0 unspecified atom stereocenters. The summed E-state index contributed by atoms with van der Waals surface area (Å²) < 4.78 is 18.9. The van der Waals surface area contributed by atoms with E-state index in [1.165, 1.54) is 25.3 Å². The summed E-state index contributed by atoms with van der Waals surface area (Å²) in [6.45, 7) is 1.30. The Hall–Kier alpha value is -2.23. The van der Waals surface area contributed by atoms with Crippen molar-refractivity contribution in [3.05, 3.63) is 54.1 Å².